The molecule has 1 saturated heterocycles. The fourth-order valence-electron chi connectivity index (χ4n) is 2.46. The molecule has 2 rings (SSSR count). The first-order valence-electron chi connectivity index (χ1n) is 6.97. The minimum atomic E-state index is -0.814. The van der Waals surface area contributed by atoms with E-state index in [9.17, 15) is 9.90 Å². The van der Waals surface area contributed by atoms with Gasteiger partial charge in [-0.2, -0.15) is 0 Å². The molecule has 1 aromatic rings. The van der Waals surface area contributed by atoms with Gasteiger partial charge in [0.05, 0.1) is 19.1 Å². The molecule has 1 aromatic carbocycles. The summed E-state index contributed by atoms with van der Waals surface area (Å²) in [5.74, 6) is -0.513. The van der Waals surface area contributed by atoms with Crippen molar-refractivity contribution in [1.29, 1.82) is 0 Å². The van der Waals surface area contributed by atoms with Crippen LogP contribution in [0.25, 0.3) is 0 Å². The number of hydrogen-bond acceptors (Lipinski definition) is 4. The summed E-state index contributed by atoms with van der Waals surface area (Å²) in [6.07, 6.45) is 2.11. The minimum absolute atomic E-state index is 0.0729. The van der Waals surface area contributed by atoms with E-state index in [0.29, 0.717) is 12.4 Å². The third kappa shape index (κ3) is 4.83. The maximum atomic E-state index is 10.4. The predicted octanol–water partition coefficient (Wildman–Crippen LogP) is 1.85. The van der Waals surface area contributed by atoms with Gasteiger partial charge < -0.3 is 14.9 Å². The maximum absolute atomic E-state index is 10.4. The van der Waals surface area contributed by atoms with E-state index in [2.05, 4.69) is 4.90 Å². The number of aliphatic carboxylic acids is 1. The fourth-order valence-corrected chi connectivity index (χ4v) is 2.46. The Morgan fingerprint density at radius 1 is 1.35 bits per heavy atom. The van der Waals surface area contributed by atoms with Crippen LogP contribution in [0.4, 0.5) is 0 Å². The lowest BCUT2D eigenvalue weighted by atomic mass is 10.1. The third-order valence-electron chi connectivity index (χ3n) is 3.52. The van der Waals surface area contributed by atoms with Gasteiger partial charge in [-0.05, 0) is 30.5 Å². The molecule has 0 aliphatic carbocycles. The molecule has 1 heterocycles. The van der Waals surface area contributed by atoms with Crippen LogP contribution < -0.4 is 0 Å². The first-order valence-corrected chi connectivity index (χ1v) is 6.97. The molecule has 1 fully saturated rings. The van der Waals surface area contributed by atoms with Crippen LogP contribution in [0.5, 0.6) is 5.75 Å². The summed E-state index contributed by atoms with van der Waals surface area (Å²) in [4.78, 5) is 12.7. The minimum Gasteiger partial charge on any atom is -0.508 e. The number of hydrogen-bond donors (Lipinski definition) is 2. The van der Waals surface area contributed by atoms with Gasteiger partial charge in [0.1, 0.15) is 5.75 Å². The van der Waals surface area contributed by atoms with Gasteiger partial charge in [-0.1, -0.05) is 12.1 Å². The molecule has 5 heteroatoms. The molecule has 1 aliphatic heterocycles. The van der Waals surface area contributed by atoms with Crippen LogP contribution in [0.1, 0.15) is 24.8 Å². The predicted molar refractivity (Wildman–Crippen MR) is 74.6 cm³/mol. The van der Waals surface area contributed by atoms with Crippen LogP contribution in [-0.4, -0.2) is 46.9 Å². The molecule has 1 aliphatic rings. The zero-order valence-corrected chi connectivity index (χ0v) is 11.5. The number of phenols is 1. The second-order valence-corrected chi connectivity index (χ2v) is 5.16. The highest BCUT2D eigenvalue weighted by Crippen LogP contribution is 2.18. The van der Waals surface area contributed by atoms with Gasteiger partial charge in [0.25, 0.3) is 0 Å². The highest BCUT2D eigenvalue weighted by Gasteiger charge is 2.19. The fraction of sp³-hybridized carbons (Fsp3) is 0.533. The molecule has 0 saturated carbocycles. The van der Waals surface area contributed by atoms with Crippen molar-refractivity contribution in [2.24, 2.45) is 0 Å². The topological polar surface area (TPSA) is 70.0 Å². The maximum Gasteiger partial charge on any atom is 0.305 e. The molecular weight excluding hydrogens is 258 g/mol. The standard InChI is InChI=1S/C15H21NO4/c17-13-3-1-2-12(10-13)11-16-7-4-14(5-8-16)20-9-6-15(18)19/h1-3,10,14,17H,4-9,11H2,(H,18,19). The number of carboxylic acids is 1. The van der Waals surface area contributed by atoms with E-state index in [1.54, 1.807) is 12.1 Å². The largest absolute Gasteiger partial charge is 0.508 e. The van der Waals surface area contributed by atoms with Crippen molar-refractivity contribution in [3.05, 3.63) is 29.8 Å². The molecule has 20 heavy (non-hydrogen) atoms. The lowest BCUT2D eigenvalue weighted by molar-refractivity contribution is -0.138. The summed E-state index contributed by atoms with van der Waals surface area (Å²) < 4.78 is 5.56. The molecule has 0 spiro atoms. The number of likely N-dealkylation sites (tertiary alicyclic amines) is 1. The van der Waals surface area contributed by atoms with E-state index in [4.69, 9.17) is 9.84 Å². The summed E-state index contributed by atoms with van der Waals surface area (Å²) in [7, 11) is 0. The first-order chi connectivity index (χ1) is 9.63. The number of piperidine rings is 1. The molecule has 5 nitrogen and oxygen atoms in total. The van der Waals surface area contributed by atoms with Gasteiger partial charge >= 0.3 is 5.97 Å². The lowest BCUT2D eigenvalue weighted by Gasteiger charge is -2.31. The van der Waals surface area contributed by atoms with Gasteiger partial charge in [-0.15, -0.1) is 0 Å². The second kappa shape index (κ2) is 7.26. The van der Waals surface area contributed by atoms with Crippen molar-refractivity contribution in [3.63, 3.8) is 0 Å². The van der Waals surface area contributed by atoms with E-state index >= 15 is 0 Å². The van der Waals surface area contributed by atoms with Crippen molar-refractivity contribution in [2.45, 2.75) is 31.9 Å². The zero-order chi connectivity index (χ0) is 14.4. The lowest BCUT2D eigenvalue weighted by Crippen LogP contribution is -2.36. The Bertz CT molecular complexity index is 441. The van der Waals surface area contributed by atoms with E-state index in [0.717, 1.165) is 38.0 Å². The zero-order valence-electron chi connectivity index (χ0n) is 11.5. The number of carbonyl (C=O) groups is 1. The number of ether oxygens (including phenoxy) is 1. The second-order valence-electron chi connectivity index (χ2n) is 5.16. The van der Waals surface area contributed by atoms with Crippen LogP contribution in [-0.2, 0) is 16.1 Å². The van der Waals surface area contributed by atoms with E-state index in [1.165, 1.54) is 0 Å². The van der Waals surface area contributed by atoms with Gasteiger partial charge in [0.15, 0.2) is 0 Å². The molecule has 0 unspecified atom stereocenters. The van der Waals surface area contributed by atoms with Crippen LogP contribution in [0.3, 0.4) is 0 Å². The number of phenolic OH excluding ortho intramolecular Hbond substituents is 1. The summed E-state index contributed by atoms with van der Waals surface area (Å²) >= 11 is 0. The highest BCUT2D eigenvalue weighted by atomic mass is 16.5. The third-order valence-corrected chi connectivity index (χ3v) is 3.52. The Morgan fingerprint density at radius 3 is 2.75 bits per heavy atom. The van der Waals surface area contributed by atoms with Crippen LogP contribution in [0, 0.1) is 0 Å². The van der Waals surface area contributed by atoms with Crippen molar-refractivity contribution < 1.29 is 19.7 Å². The van der Waals surface area contributed by atoms with Crippen LogP contribution in [0.15, 0.2) is 24.3 Å². The summed E-state index contributed by atoms with van der Waals surface area (Å²) in [5, 5.41) is 18.0. The molecule has 0 amide bonds. The van der Waals surface area contributed by atoms with Crippen LogP contribution in [0.2, 0.25) is 0 Å². The van der Waals surface area contributed by atoms with E-state index < -0.39 is 5.97 Å². The Labute approximate surface area is 118 Å². The molecule has 0 atom stereocenters. The Balaban J connectivity index is 1.70. The highest BCUT2D eigenvalue weighted by molar-refractivity contribution is 5.66. The number of benzene rings is 1. The van der Waals surface area contributed by atoms with Gasteiger partial charge in [-0.3, -0.25) is 9.69 Å². The molecule has 0 aromatic heterocycles. The molecule has 2 N–H and O–H groups in total. The van der Waals surface area contributed by atoms with Crippen molar-refractivity contribution in [1.82, 2.24) is 4.90 Å². The Kier molecular flexibility index (Phi) is 5.38. The monoisotopic (exact) mass is 279 g/mol. The number of aromatic hydroxyl groups is 1. The summed E-state index contributed by atoms with van der Waals surface area (Å²) in [6.45, 7) is 3.00. The number of rotatable bonds is 6. The average molecular weight is 279 g/mol. The Morgan fingerprint density at radius 2 is 2.10 bits per heavy atom. The van der Waals surface area contributed by atoms with Gasteiger partial charge in [-0.25, -0.2) is 0 Å². The summed E-state index contributed by atoms with van der Waals surface area (Å²) in [6, 6.07) is 7.32. The first kappa shape index (κ1) is 14.8. The smallest absolute Gasteiger partial charge is 0.305 e. The number of nitrogens with zero attached hydrogens (tertiary/aromatic N) is 1. The van der Waals surface area contributed by atoms with E-state index in [-0.39, 0.29) is 12.5 Å². The Hall–Kier alpha value is -1.59. The van der Waals surface area contributed by atoms with Gasteiger partial charge in [0, 0.05) is 19.6 Å². The quantitative estimate of drug-likeness (QED) is 0.831. The SMILES string of the molecule is O=C(O)CCOC1CCN(Cc2cccc(O)c2)CC1. The molecule has 0 radical (unpaired) electrons. The summed E-state index contributed by atoms with van der Waals surface area (Å²) in [5.41, 5.74) is 1.11. The van der Waals surface area contributed by atoms with Crippen molar-refractivity contribution in [2.75, 3.05) is 19.7 Å². The van der Waals surface area contributed by atoms with Crippen molar-refractivity contribution in [3.8, 4) is 5.75 Å². The van der Waals surface area contributed by atoms with E-state index in [1.807, 2.05) is 12.1 Å². The normalized spacial score (nSPS) is 17.2. The molecule has 0 bridgehead atoms. The molecular formula is C15H21NO4. The van der Waals surface area contributed by atoms with Crippen molar-refractivity contribution >= 4 is 5.97 Å². The van der Waals surface area contributed by atoms with Crippen LogP contribution >= 0.6 is 0 Å². The molecule has 110 valence electrons. The van der Waals surface area contributed by atoms with Gasteiger partial charge in [0.2, 0.25) is 0 Å². The average Bonchev–Trinajstić information content (AvgIpc) is 2.40. The number of carboxylic acid groups (broad SMARTS) is 1.